The van der Waals surface area contributed by atoms with Gasteiger partial charge in [0, 0.05) is 18.8 Å². The normalized spacial score (nSPS) is 22.6. The first-order valence-corrected chi connectivity index (χ1v) is 9.12. The van der Waals surface area contributed by atoms with Crippen LogP contribution in [-0.4, -0.2) is 30.1 Å². The summed E-state index contributed by atoms with van der Waals surface area (Å²) in [6.07, 6.45) is 1.77. The van der Waals surface area contributed by atoms with Crippen molar-refractivity contribution < 1.29 is 9.53 Å². The van der Waals surface area contributed by atoms with Gasteiger partial charge in [-0.05, 0) is 42.7 Å². The average molecular weight is 377 g/mol. The molecule has 4 rings (SSSR count). The fraction of sp³-hybridized carbons (Fsp3) is 0.316. The van der Waals surface area contributed by atoms with E-state index in [9.17, 15) is 4.79 Å². The molecule has 0 aliphatic carbocycles. The molecule has 2 heterocycles. The summed E-state index contributed by atoms with van der Waals surface area (Å²) in [6.45, 7) is 1.30. The minimum atomic E-state index is -0.304. The van der Waals surface area contributed by atoms with Gasteiger partial charge in [-0.25, -0.2) is 0 Å². The van der Waals surface area contributed by atoms with Crippen LogP contribution < -0.4 is 5.32 Å². The van der Waals surface area contributed by atoms with Gasteiger partial charge in [0.1, 0.15) is 6.17 Å². The molecule has 1 N–H and O–H groups in total. The smallest absolute Gasteiger partial charge is 0.257 e. The van der Waals surface area contributed by atoms with Crippen LogP contribution in [0.1, 0.15) is 34.9 Å². The predicted molar refractivity (Wildman–Crippen MR) is 99.3 cm³/mol. The number of ether oxygens (including phenoxy) is 1. The summed E-state index contributed by atoms with van der Waals surface area (Å²) < 4.78 is 5.75. The number of rotatable bonds is 3. The van der Waals surface area contributed by atoms with Gasteiger partial charge in [0.05, 0.1) is 21.7 Å². The zero-order valence-electron chi connectivity index (χ0n) is 13.5. The number of para-hydroxylation sites is 1. The number of hydrogen-bond donors (Lipinski definition) is 1. The van der Waals surface area contributed by atoms with Crippen LogP contribution in [0.5, 0.6) is 0 Å². The molecule has 2 atom stereocenters. The van der Waals surface area contributed by atoms with Gasteiger partial charge in [0.2, 0.25) is 0 Å². The Hall–Kier alpha value is -1.75. The molecule has 1 fully saturated rings. The Morgan fingerprint density at radius 3 is 2.76 bits per heavy atom. The van der Waals surface area contributed by atoms with E-state index in [1.165, 1.54) is 0 Å². The van der Waals surface area contributed by atoms with Gasteiger partial charge in [-0.3, -0.25) is 4.79 Å². The molecule has 0 unspecified atom stereocenters. The standard InChI is InChI=1S/C19H18Cl2N2O2/c20-15-8-7-12(10-16(15)21)18-22-17-6-2-1-5-14(17)19(24)23(18)11-13-4-3-9-25-13/h1-2,5-8,10,13,18,22H,3-4,9,11H2/t13-,18-/m1/s1. The molecule has 1 saturated heterocycles. The van der Waals surface area contributed by atoms with E-state index in [0.717, 1.165) is 30.7 Å². The molecule has 2 aromatic rings. The van der Waals surface area contributed by atoms with Gasteiger partial charge in [0.15, 0.2) is 0 Å². The molecule has 2 aliphatic heterocycles. The van der Waals surface area contributed by atoms with E-state index in [4.69, 9.17) is 27.9 Å². The SMILES string of the molecule is O=C1c2ccccc2N[C@@H](c2ccc(Cl)c(Cl)c2)N1C[C@H]1CCCO1. The molecule has 0 spiro atoms. The Morgan fingerprint density at radius 2 is 2.00 bits per heavy atom. The lowest BCUT2D eigenvalue weighted by Gasteiger charge is -2.39. The van der Waals surface area contributed by atoms with Crippen LogP contribution in [-0.2, 0) is 4.74 Å². The molecule has 0 bridgehead atoms. The van der Waals surface area contributed by atoms with Crippen molar-refractivity contribution in [2.75, 3.05) is 18.5 Å². The number of nitrogens with zero attached hydrogens (tertiary/aromatic N) is 1. The number of fused-ring (bicyclic) bond motifs is 1. The van der Waals surface area contributed by atoms with E-state index in [1.807, 2.05) is 41.3 Å². The summed E-state index contributed by atoms with van der Waals surface area (Å²) >= 11 is 12.3. The summed E-state index contributed by atoms with van der Waals surface area (Å²) in [6, 6.07) is 13.0. The minimum Gasteiger partial charge on any atom is -0.376 e. The molecular weight excluding hydrogens is 359 g/mol. The highest BCUT2D eigenvalue weighted by Crippen LogP contribution is 2.36. The van der Waals surface area contributed by atoms with Crippen LogP contribution in [0, 0.1) is 0 Å². The Bertz CT molecular complexity index is 806. The summed E-state index contributed by atoms with van der Waals surface area (Å²) in [5, 5.41) is 4.44. The fourth-order valence-corrected chi connectivity index (χ4v) is 3.74. The molecule has 6 heteroatoms. The number of benzene rings is 2. The lowest BCUT2D eigenvalue weighted by molar-refractivity contribution is 0.0427. The predicted octanol–water partition coefficient (Wildman–Crippen LogP) is 4.74. The van der Waals surface area contributed by atoms with Crippen molar-refractivity contribution in [1.29, 1.82) is 0 Å². The van der Waals surface area contributed by atoms with Crippen molar-refractivity contribution in [1.82, 2.24) is 4.90 Å². The fourth-order valence-electron chi connectivity index (χ4n) is 3.43. The van der Waals surface area contributed by atoms with Gasteiger partial charge >= 0.3 is 0 Å². The summed E-state index contributed by atoms with van der Waals surface area (Å²) in [5.74, 6) is 0.000854. The molecule has 4 nitrogen and oxygen atoms in total. The van der Waals surface area contributed by atoms with Crippen LogP contribution in [0.25, 0.3) is 0 Å². The minimum absolute atomic E-state index is 0.000854. The zero-order valence-corrected chi connectivity index (χ0v) is 15.1. The summed E-state index contributed by atoms with van der Waals surface area (Å²) in [7, 11) is 0. The molecule has 0 aromatic heterocycles. The third kappa shape index (κ3) is 3.22. The van der Waals surface area contributed by atoms with Crippen molar-refractivity contribution >= 4 is 34.8 Å². The van der Waals surface area contributed by atoms with Crippen LogP contribution in [0.4, 0.5) is 5.69 Å². The quantitative estimate of drug-likeness (QED) is 0.840. The van der Waals surface area contributed by atoms with Crippen molar-refractivity contribution in [3.05, 3.63) is 63.6 Å². The van der Waals surface area contributed by atoms with Gasteiger partial charge in [0.25, 0.3) is 5.91 Å². The Labute approximate surface area is 156 Å². The van der Waals surface area contributed by atoms with E-state index in [1.54, 1.807) is 6.07 Å². The maximum absolute atomic E-state index is 13.1. The monoisotopic (exact) mass is 376 g/mol. The third-order valence-corrected chi connectivity index (χ3v) is 5.44. The first-order chi connectivity index (χ1) is 12.1. The van der Waals surface area contributed by atoms with Crippen LogP contribution in [0.2, 0.25) is 10.0 Å². The molecule has 0 saturated carbocycles. The number of nitrogens with one attached hydrogen (secondary N) is 1. The lowest BCUT2D eigenvalue weighted by Crippen LogP contribution is -2.46. The average Bonchev–Trinajstić information content (AvgIpc) is 3.13. The molecule has 130 valence electrons. The summed E-state index contributed by atoms with van der Waals surface area (Å²) in [4.78, 5) is 14.9. The second-order valence-electron chi connectivity index (χ2n) is 6.36. The number of amides is 1. The number of carbonyl (C=O) groups is 1. The van der Waals surface area contributed by atoms with E-state index < -0.39 is 0 Å². The maximum Gasteiger partial charge on any atom is 0.257 e. The molecule has 2 aliphatic rings. The van der Waals surface area contributed by atoms with Crippen LogP contribution >= 0.6 is 23.2 Å². The highest BCUT2D eigenvalue weighted by atomic mass is 35.5. The molecular formula is C19H18Cl2N2O2. The largest absolute Gasteiger partial charge is 0.376 e. The van der Waals surface area contributed by atoms with E-state index in [2.05, 4.69) is 5.32 Å². The molecule has 2 aromatic carbocycles. The van der Waals surface area contributed by atoms with Crippen LogP contribution in [0.15, 0.2) is 42.5 Å². The first-order valence-electron chi connectivity index (χ1n) is 8.36. The van der Waals surface area contributed by atoms with E-state index in [0.29, 0.717) is 22.2 Å². The van der Waals surface area contributed by atoms with E-state index >= 15 is 0 Å². The molecule has 0 radical (unpaired) electrons. The Kier molecular flexibility index (Phi) is 4.59. The van der Waals surface area contributed by atoms with Gasteiger partial charge in [-0.2, -0.15) is 0 Å². The number of halogens is 2. The van der Waals surface area contributed by atoms with Crippen molar-refractivity contribution in [3.63, 3.8) is 0 Å². The number of carbonyl (C=O) groups excluding carboxylic acids is 1. The van der Waals surface area contributed by atoms with Crippen molar-refractivity contribution in [3.8, 4) is 0 Å². The lowest BCUT2D eigenvalue weighted by atomic mass is 10.0. The van der Waals surface area contributed by atoms with Gasteiger partial charge < -0.3 is 15.0 Å². The Morgan fingerprint density at radius 1 is 1.16 bits per heavy atom. The maximum atomic E-state index is 13.1. The van der Waals surface area contributed by atoms with E-state index in [-0.39, 0.29) is 18.2 Å². The number of anilines is 1. The second-order valence-corrected chi connectivity index (χ2v) is 7.17. The highest BCUT2D eigenvalue weighted by Gasteiger charge is 2.35. The van der Waals surface area contributed by atoms with Crippen molar-refractivity contribution in [2.45, 2.75) is 25.1 Å². The third-order valence-electron chi connectivity index (χ3n) is 4.71. The summed E-state index contributed by atoms with van der Waals surface area (Å²) in [5.41, 5.74) is 2.40. The van der Waals surface area contributed by atoms with Crippen LogP contribution in [0.3, 0.4) is 0 Å². The first kappa shape index (κ1) is 16.7. The topological polar surface area (TPSA) is 41.6 Å². The van der Waals surface area contributed by atoms with Gasteiger partial charge in [-0.1, -0.05) is 41.4 Å². The van der Waals surface area contributed by atoms with Crippen molar-refractivity contribution in [2.24, 2.45) is 0 Å². The zero-order chi connectivity index (χ0) is 17.4. The Balaban J connectivity index is 1.72. The number of hydrogen-bond acceptors (Lipinski definition) is 3. The second kappa shape index (κ2) is 6.87. The molecule has 25 heavy (non-hydrogen) atoms. The van der Waals surface area contributed by atoms with Gasteiger partial charge in [-0.15, -0.1) is 0 Å². The molecule has 1 amide bonds. The highest BCUT2D eigenvalue weighted by molar-refractivity contribution is 6.42.